The van der Waals surface area contributed by atoms with Crippen molar-refractivity contribution < 1.29 is 4.39 Å². The Morgan fingerprint density at radius 1 is 1.38 bits per heavy atom. The van der Waals surface area contributed by atoms with Crippen molar-refractivity contribution in [1.29, 1.82) is 0 Å². The SMILES string of the molecule is Fc1cccc(CNc2ncncc2Cl)c1. The monoisotopic (exact) mass is 237 g/mol. The Hall–Kier alpha value is -1.68. The van der Waals surface area contributed by atoms with E-state index in [0.717, 1.165) is 5.56 Å². The van der Waals surface area contributed by atoms with Gasteiger partial charge >= 0.3 is 0 Å². The molecule has 0 radical (unpaired) electrons. The zero-order valence-electron chi connectivity index (χ0n) is 8.32. The summed E-state index contributed by atoms with van der Waals surface area (Å²) in [7, 11) is 0. The molecule has 16 heavy (non-hydrogen) atoms. The third kappa shape index (κ3) is 2.67. The predicted octanol–water partition coefficient (Wildman–Crippen LogP) is 2.88. The van der Waals surface area contributed by atoms with Gasteiger partial charge in [0.1, 0.15) is 23.0 Å². The van der Waals surface area contributed by atoms with Crippen LogP contribution in [0.2, 0.25) is 5.02 Å². The van der Waals surface area contributed by atoms with E-state index in [9.17, 15) is 4.39 Å². The van der Waals surface area contributed by atoms with Crippen LogP contribution in [0.25, 0.3) is 0 Å². The molecule has 0 spiro atoms. The maximum Gasteiger partial charge on any atom is 0.148 e. The second kappa shape index (κ2) is 4.90. The molecular formula is C11H9ClFN3. The van der Waals surface area contributed by atoms with Crippen molar-refractivity contribution in [3.8, 4) is 0 Å². The highest BCUT2D eigenvalue weighted by molar-refractivity contribution is 6.32. The highest BCUT2D eigenvalue weighted by atomic mass is 35.5. The Labute approximate surface area is 97.3 Å². The summed E-state index contributed by atoms with van der Waals surface area (Å²) >= 11 is 5.86. The fraction of sp³-hybridized carbons (Fsp3) is 0.0909. The number of aromatic nitrogens is 2. The lowest BCUT2D eigenvalue weighted by Crippen LogP contribution is -2.02. The summed E-state index contributed by atoms with van der Waals surface area (Å²) < 4.78 is 12.9. The van der Waals surface area contributed by atoms with Crippen LogP contribution in [0.5, 0.6) is 0 Å². The molecule has 0 saturated carbocycles. The molecule has 3 nitrogen and oxygen atoms in total. The Balaban J connectivity index is 2.05. The van der Waals surface area contributed by atoms with Gasteiger partial charge in [0, 0.05) is 6.54 Å². The Bertz CT molecular complexity index is 490. The number of nitrogens with zero attached hydrogens (tertiary/aromatic N) is 2. The molecule has 0 aliphatic carbocycles. The lowest BCUT2D eigenvalue weighted by atomic mass is 10.2. The smallest absolute Gasteiger partial charge is 0.148 e. The van der Waals surface area contributed by atoms with Crippen molar-refractivity contribution in [3.05, 3.63) is 53.2 Å². The highest BCUT2D eigenvalue weighted by Gasteiger charge is 2.01. The summed E-state index contributed by atoms with van der Waals surface area (Å²) in [4.78, 5) is 7.74. The van der Waals surface area contributed by atoms with Crippen LogP contribution in [0.4, 0.5) is 10.2 Å². The van der Waals surface area contributed by atoms with E-state index in [2.05, 4.69) is 15.3 Å². The number of nitrogens with one attached hydrogen (secondary N) is 1. The van der Waals surface area contributed by atoms with Gasteiger partial charge < -0.3 is 5.32 Å². The van der Waals surface area contributed by atoms with Gasteiger partial charge in [-0.25, -0.2) is 14.4 Å². The summed E-state index contributed by atoms with van der Waals surface area (Å²) in [5.41, 5.74) is 0.828. The number of hydrogen-bond acceptors (Lipinski definition) is 3. The molecule has 82 valence electrons. The lowest BCUT2D eigenvalue weighted by molar-refractivity contribution is 0.626. The maximum atomic E-state index is 12.9. The molecule has 0 unspecified atom stereocenters. The minimum Gasteiger partial charge on any atom is -0.365 e. The summed E-state index contributed by atoms with van der Waals surface area (Å²) in [5, 5.41) is 3.45. The Morgan fingerprint density at radius 3 is 3.00 bits per heavy atom. The normalized spacial score (nSPS) is 10.1. The molecule has 0 aliphatic rings. The van der Waals surface area contributed by atoms with Crippen LogP contribution in [0.3, 0.4) is 0 Å². The van der Waals surface area contributed by atoms with E-state index in [-0.39, 0.29) is 5.82 Å². The average molecular weight is 238 g/mol. The minimum atomic E-state index is -0.256. The molecule has 0 saturated heterocycles. The quantitative estimate of drug-likeness (QED) is 0.892. The van der Waals surface area contributed by atoms with Crippen LogP contribution in [-0.2, 0) is 6.54 Å². The molecule has 0 amide bonds. The summed E-state index contributed by atoms with van der Waals surface area (Å²) in [5.74, 6) is 0.286. The molecule has 0 atom stereocenters. The molecule has 2 aromatic rings. The molecule has 1 heterocycles. The first-order chi connectivity index (χ1) is 7.75. The van der Waals surface area contributed by atoms with Crippen LogP contribution in [0.1, 0.15) is 5.56 Å². The van der Waals surface area contributed by atoms with Crippen molar-refractivity contribution in [2.75, 3.05) is 5.32 Å². The number of anilines is 1. The van der Waals surface area contributed by atoms with E-state index < -0.39 is 0 Å². The molecule has 1 N–H and O–H groups in total. The van der Waals surface area contributed by atoms with E-state index >= 15 is 0 Å². The van der Waals surface area contributed by atoms with Gasteiger partial charge in [-0.2, -0.15) is 0 Å². The van der Waals surface area contributed by atoms with Gasteiger partial charge in [-0.3, -0.25) is 0 Å². The molecule has 1 aromatic heterocycles. The minimum absolute atomic E-state index is 0.256. The summed E-state index contributed by atoms with van der Waals surface area (Å²) in [6, 6.07) is 6.35. The Morgan fingerprint density at radius 2 is 2.25 bits per heavy atom. The third-order valence-electron chi connectivity index (χ3n) is 2.02. The third-order valence-corrected chi connectivity index (χ3v) is 2.29. The van der Waals surface area contributed by atoms with Crippen LogP contribution >= 0.6 is 11.6 Å². The van der Waals surface area contributed by atoms with Gasteiger partial charge in [0.05, 0.1) is 6.20 Å². The van der Waals surface area contributed by atoms with E-state index in [1.165, 1.54) is 24.7 Å². The second-order valence-corrected chi connectivity index (χ2v) is 3.61. The first-order valence-corrected chi connectivity index (χ1v) is 5.07. The van der Waals surface area contributed by atoms with Crippen LogP contribution in [0, 0.1) is 5.82 Å². The topological polar surface area (TPSA) is 37.8 Å². The average Bonchev–Trinajstić information content (AvgIpc) is 2.28. The largest absolute Gasteiger partial charge is 0.365 e. The maximum absolute atomic E-state index is 12.9. The fourth-order valence-corrected chi connectivity index (χ4v) is 1.45. The summed E-state index contributed by atoms with van der Waals surface area (Å²) in [6.07, 6.45) is 2.91. The second-order valence-electron chi connectivity index (χ2n) is 3.20. The lowest BCUT2D eigenvalue weighted by Gasteiger charge is -2.06. The van der Waals surface area contributed by atoms with Crippen molar-refractivity contribution in [2.45, 2.75) is 6.54 Å². The zero-order chi connectivity index (χ0) is 11.4. The van der Waals surface area contributed by atoms with E-state index in [4.69, 9.17) is 11.6 Å². The first kappa shape index (κ1) is 10.8. The number of benzene rings is 1. The van der Waals surface area contributed by atoms with Gasteiger partial charge in [-0.05, 0) is 17.7 Å². The number of halogens is 2. The van der Waals surface area contributed by atoms with Gasteiger partial charge in [0.25, 0.3) is 0 Å². The number of rotatable bonds is 3. The van der Waals surface area contributed by atoms with Gasteiger partial charge in [-0.15, -0.1) is 0 Å². The molecule has 5 heteroatoms. The fourth-order valence-electron chi connectivity index (χ4n) is 1.28. The molecule has 1 aromatic carbocycles. The van der Waals surface area contributed by atoms with Gasteiger partial charge in [0.2, 0.25) is 0 Å². The van der Waals surface area contributed by atoms with Gasteiger partial charge in [0.15, 0.2) is 0 Å². The van der Waals surface area contributed by atoms with Crippen LogP contribution in [-0.4, -0.2) is 9.97 Å². The number of hydrogen-bond donors (Lipinski definition) is 1. The van der Waals surface area contributed by atoms with E-state index in [1.54, 1.807) is 6.07 Å². The Kier molecular flexibility index (Phi) is 3.31. The predicted molar refractivity (Wildman–Crippen MR) is 60.8 cm³/mol. The van der Waals surface area contributed by atoms with E-state index in [0.29, 0.717) is 17.4 Å². The van der Waals surface area contributed by atoms with Crippen LogP contribution < -0.4 is 5.32 Å². The highest BCUT2D eigenvalue weighted by Crippen LogP contribution is 2.17. The van der Waals surface area contributed by atoms with Crippen molar-refractivity contribution in [1.82, 2.24) is 9.97 Å². The molecule has 0 bridgehead atoms. The van der Waals surface area contributed by atoms with Crippen LogP contribution in [0.15, 0.2) is 36.8 Å². The van der Waals surface area contributed by atoms with E-state index in [1.807, 2.05) is 6.07 Å². The summed E-state index contributed by atoms with van der Waals surface area (Å²) in [6.45, 7) is 0.467. The van der Waals surface area contributed by atoms with Gasteiger partial charge in [-0.1, -0.05) is 23.7 Å². The van der Waals surface area contributed by atoms with Crippen molar-refractivity contribution >= 4 is 17.4 Å². The van der Waals surface area contributed by atoms with Crippen molar-refractivity contribution in [2.24, 2.45) is 0 Å². The van der Waals surface area contributed by atoms with Crippen molar-refractivity contribution in [3.63, 3.8) is 0 Å². The first-order valence-electron chi connectivity index (χ1n) is 4.69. The molecule has 0 fully saturated rings. The molecule has 0 aliphatic heterocycles. The zero-order valence-corrected chi connectivity index (χ0v) is 9.08. The molecular weight excluding hydrogens is 229 g/mol. The standard InChI is InChI=1S/C11H9ClFN3/c12-10-6-14-7-16-11(10)15-5-8-2-1-3-9(13)4-8/h1-4,6-7H,5H2,(H,14,15,16). The molecule has 2 rings (SSSR count).